The fourth-order valence-electron chi connectivity index (χ4n) is 1.80. The number of phenols is 1. The summed E-state index contributed by atoms with van der Waals surface area (Å²) in [6.07, 6.45) is 3.27. The molecule has 1 N–H and O–H groups in total. The Morgan fingerprint density at radius 2 is 2.31 bits per heavy atom. The number of aromatic hydroxyl groups is 1. The lowest BCUT2D eigenvalue weighted by Crippen LogP contribution is -2.02. The maximum atomic E-state index is 10.3. The van der Waals surface area contributed by atoms with Crippen molar-refractivity contribution in [3.63, 3.8) is 0 Å². The lowest BCUT2D eigenvalue weighted by atomic mass is 10.0. The third-order valence-corrected chi connectivity index (χ3v) is 2.91. The number of isocyanates is 1. The highest BCUT2D eigenvalue weighted by molar-refractivity contribution is 5.45. The van der Waals surface area contributed by atoms with E-state index in [1.54, 1.807) is 25.3 Å². The van der Waals surface area contributed by atoms with Crippen LogP contribution in [-0.2, 0) is 21.7 Å². The summed E-state index contributed by atoms with van der Waals surface area (Å²) >= 11 is 0. The summed E-state index contributed by atoms with van der Waals surface area (Å²) in [7, 11) is 1.58. The summed E-state index contributed by atoms with van der Waals surface area (Å²) in [5.74, 6) is 0.187. The number of carbonyl (C=O) groups excluding carboxylic acids is 1. The summed E-state index contributed by atoms with van der Waals surface area (Å²) in [6, 6.07) is 5.33. The second-order valence-electron chi connectivity index (χ2n) is 4.01. The second kappa shape index (κ2) is 4.08. The van der Waals surface area contributed by atoms with E-state index < -0.39 is 5.54 Å². The summed E-state index contributed by atoms with van der Waals surface area (Å²) in [4.78, 5) is 14.1. The Balaban J connectivity index is 2.31. The van der Waals surface area contributed by atoms with E-state index in [1.165, 1.54) is 0 Å². The smallest absolute Gasteiger partial charge is 0.235 e. The molecule has 0 unspecified atom stereocenters. The van der Waals surface area contributed by atoms with Crippen molar-refractivity contribution < 1.29 is 14.6 Å². The quantitative estimate of drug-likeness (QED) is 0.621. The van der Waals surface area contributed by atoms with Gasteiger partial charge in [0.1, 0.15) is 5.75 Å². The number of nitrogens with zero attached hydrogens (tertiary/aromatic N) is 1. The summed E-state index contributed by atoms with van der Waals surface area (Å²) in [5.41, 5.74) is 1.18. The van der Waals surface area contributed by atoms with Gasteiger partial charge in [0.05, 0.1) is 12.1 Å². The Bertz CT molecular complexity index is 446. The van der Waals surface area contributed by atoms with Crippen LogP contribution in [-0.4, -0.2) is 18.3 Å². The van der Waals surface area contributed by atoms with E-state index in [0.29, 0.717) is 6.61 Å². The molecule has 0 spiro atoms. The second-order valence-corrected chi connectivity index (χ2v) is 4.01. The van der Waals surface area contributed by atoms with E-state index in [9.17, 15) is 9.90 Å². The fraction of sp³-hybridized carbons (Fsp3) is 0.417. The Hall–Kier alpha value is -1.64. The van der Waals surface area contributed by atoms with Gasteiger partial charge in [-0.15, -0.1) is 0 Å². The van der Waals surface area contributed by atoms with E-state index in [4.69, 9.17) is 4.74 Å². The molecule has 0 amide bonds. The molecule has 1 aromatic rings. The van der Waals surface area contributed by atoms with Gasteiger partial charge in [0.15, 0.2) is 0 Å². The molecule has 16 heavy (non-hydrogen) atoms. The van der Waals surface area contributed by atoms with Gasteiger partial charge in [0.2, 0.25) is 6.08 Å². The molecule has 0 bridgehead atoms. The third kappa shape index (κ3) is 1.85. The standard InChI is InChI=1S/C12H13NO3/c1-16-7-9-2-3-10(6-11(9)15)12(4-5-12)13-8-14/h2-3,6,15H,4-5,7H2,1H3. The highest BCUT2D eigenvalue weighted by Gasteiger charge is 2.45. The lowest BCUT2D eigenvalue weighted by molar-refractivity contribution is 0.182. The van der Waals surface area contributed by atoms with Crippen molar-refractivity contribution in [2.45, 2.75) is 25.0 Å². The number of benzene rings is 1. The monoisotopic (exact) mass is 219 g/mol. The average molecular weight is 219 g/mol. The van der Waals surface area contributed by atoms with Crippen molar-refractivity contribution in [2.24, 2.45) is 4.99 Å². The van der Waals surface area contributed by atoms with Crippen LogP contribution in [0.25, 0.3) is 0 Å². The zero-order valence-corrected chi connectivity index (χ0v) is 9.06. The summed E-state index contributed by atoms with van der Waals surface area (Å²) in [6.45, 7) is 0.371. The van der Waals surface area contributed by atoms with Crippen LogP contribution in [0.4, 0.5) is 0 Å². The highest BCUT2D eigenvalue weighted by Crippen LogP contribution is 2.50. The molecule has 0 heterocycles. The molecule has 1 aliphatic rings. The molecule has 1 aliphatic carbocycles. The molecule has 4 heteroatoms. The zero-order valence-electron chi connectivity index (χ0n) is 9.06. The van der Waals surface area contributed by atoms with Crippen LogP contribution >= 0.6 is 0 Å². The molecule has 1 aromatic carbocycles. The largest absolute Gasteiger partial charge is 0.508 e. The van der Waals surface area contributed by atoms with Crippen LogP contribution in [0.15, 0.2) is 23.2 Å². The first kappa shape index (κ1) is 10.9. The molecule has 4 nitrogen and oxygen atoms in total. The van der Waals surface area contributed by atoms with Crippen LogP contribution in [0.3, 0.4) is 0 Å². The summed E-state index contributed by atoms with van der Waals surface area (Å²) < 4.78 is 4.95. The van der Waals surface area contributed by atoms with Gasteiger partial charge >= 0.3 is 0 Å². The molecule has 0 aromatic heterocycles. The molecule has 0 aliphatic heterocycles. The van der Waals surface area contributed by atoms with E-state index in [0.717, 1.165) is 24.0 Å². The van der Waals surface area contributed by atoms with Crippen LogP contribution in [0.5, 0.6) is 5.75 Å². The van der Waals surface area contributed by atoms with Gasteiger partial charge in [-0.25, -0.2) is 4.79 Å². The number of ether oxygens (including phenoxy) is 1. The van der Waals surface area contributed by atoms with E-state index >= 15 is 0 Å². The van der Waals surface area contributed by atoms with Gasteiger partial charge in [0, 0.05) is 12.7 Å². The Morgan fingerprint density at radius 3 is 2.81 bits per heavy atom. The molecule has 1 saturated carbocycles. The van der Waals surface area contributed by atoms with Gasteiger partial charge < -0.3 is 9.84 Å². The molecule has 0 saturated heterocycles. The predicted octanol–water partition coefficient (Wildman–Crippen LogP) is 1.86. The topological polar surface area (TPSA) is 58.9 Å². The number of hydrogen-bond acceptors (Lipinski definition) is 4. The lowest BCUT2D eigenvalue weighted by Gasteiger charge is -2.10. The Morgan fingerprint density at radius 1 is 1.56 bits per heavy atom. The van der Waals surface area contributed by atoms with Crippen molar-refractivity contribution in [2.75, 3.05) is 7.11 Å². The average Bonchev–Trinajstić information content (AvgIpc) is 3.03. The molecular weight excluding hydrogens is 206 g/mol. The first-order valence-electron chi connectivity index (χ1n) is 5.12. The Kier molecular flexibility index (Phi) is 2.77. The van der Waals surface area contributed by atoms with Gasteiger partial charge in [-0.05, 0) is 24.5 Å². The highest BCUT2D eigenvalue weighted by atomic mass is 16.5. The number of phenolic OH excluding ortho intramolecular Hbond substituents is 1. The van der Waals surface area contributed by atoms with Crippen molar-refractivity contribution in [3.8, 4) is 5.75 Å². The molecule has 1 fully saturated rings. The molecule has 2 rings (SSSR count). The van der Waals surface area contributed by atoms with Crippen molar-refractivity contribution >= 4 is 6.08 Å². The SMILES string of the molecule is COCc1ccc(C2(N=C=O)CC2)cc1O. The van der Waals surface area contributed by atoms with Crippen molar-refractivity contribution in [3.05, 3.63) is 29.3 Å². The predicted molar refractivity (Wildman–Crippen MR) is 57.9 cm³/mol. The van der Waals surface area contributed by atoms with E-state index in [-0.39, 0.29) is 5.75 Å². The van der Waals surface area contributed by atoms with Gasteiger partial charge in [0.25, 0.3) is 0 Å². The van der Waals surface area contributed by atoms with Gasteiger partial charge in [-0.2, -0.15) is 4.99 Å². The zero-order chi connectivity index (χ0) is 11.6. The van der Waals surface area contributed by atoms with Crippen LogP contribution in [0.1, 0.15) is 24.0 Å². The maximum absolute atomic E-state index is 10.3. The number of hydrogen-bond donors (Lipinski definition) is 1. The maximum Gasteiger partial charge on any atom is 0.235 e. The fourth-order valence-corrected chi connectivity index (χ4v) is 1.80. The molecule has 84 valence electrons. The number of rotatable bonds is 4. The third-order valence-electron chi connectivity index (χ3n) is 2.91. The number of aliphatic imine (C=N–C) groups is 1. The van der Waals surface area contributed by atoms with E-state index in [2.05, 4.69) is 4.99 Å². The molecular formula is C12H13NO3. The van der Waals surface area contributed by atoms with Gasteiger partial charge in [-0.3, -0.25) is 0 Å². The summed E-state index contributed by atoms with van der Waals surface area (Å²) in [5, 5.41) is 9.76. The minimum absolute atomic E-state index is 0.187. The van der Waals surface area contributed by atoms with Crippen LogP contribution < -0.4 is 0 Å². The first-order chi connectivity index (χ1) is 7.72. The minimum Gasteiger partial charge on any atom is -0.508 e. The number of methoxy groups -OCH3 is 1. The van der Waals surface area contributed by atoms with E-state index in [1.807, 2.05) is 6.07 Å². The van der Waals surface area contributed by atoms with Crippen molar-refractivity contribution in [1.29, 1.82) is 0 Å². The van der Waals surface area contributed by atoms with Gasteiger partial charge in [-0.1, -0.05) is 12.1 Å². The Labute approximate surface area is 93.6 Å². The molecule has 0 atom stereocenters. The minimum atomic E-state index is -0.426. The normalized spacial score (nSPS) is 16.6. The van der Waals surface area contributed by atoms with Crippen LogP contribution in [0.2, 0.25) is 0 Å². The first-order valence-corrected chi connectivity index (χ1v) is 5.12. The van der Waals surface area contributed by atoms with Crippen LogP contribution in [0, 0.1) is 0 Å². The van der Waals surface area contributed by atoms with Crippen molar-refractivity contribution in [1.82, 2.24) is 0 Å². The molecule has 0 radical (unpaired) electrons.